The lowest BCUT2D eigenvalue weighted by Crippen LogP contribution is -2.60. The van der Waals surface area contributed by atoms with Gasteiger partial charge in [-0.15, -0.1) is 0 Å². The van der Waals surface area contributed by atoms with Crippen LogP contribution in [0.1, 0.15) is 27.2 Å². The van der Waals surface area contributed by atoms with E-state index >= 15 is 0 Å². The van der Waals surface area contributed by atoms with Crippen molar-refractivity contribution in [3.63, 3.8) is 0 Å². The standard InChI is InChI=1S/C16H29N5O7S/c1-6(2)11(18)14(25)20-9(5-29)13(24)21-12(7(3)22)15(26)19-8(16(27)28)4-10(17)23/h6-9,11-12,22,29H,4-5,18H2,1-3H3,(H2,17,23)(H,19,26)(H,20,25)(H,21,24)(H,27,28). The van der Waals surface area contributed by atoms with Gasteiger partial charge in [-0.05, 0) is 12.8 Å². The van der Waals surface area contributed by atoms with E-state index < -0.39 is 66.3 Å². The van der Waals surface area contributed by atoms with Crippen molar-refractivity contribution >= 4 is 42.2 Å². The summed E-state index contributed by atoms with van der Waals surface area (Å²) in [5, 5.41) is 25.5. The minimum Gasteiger partial charge on any atom is -0.480 e. The van der Waals surface area contributed by atoms with E-state index in [1.54, 1.807) is 13.8 Å². The number of aliphatic hydroxyl groups is 1. The van der Waals surface area contributed by atoms with Gasteiger partial charge in [0, 0.05) is 5.75 Å². The van der Waals surface area contributed by atoms with Crippen LogP contribution in [0.2, 0.25) is 0 Å². The fourth-order valence-electron chi connectivity index (χ4n) is 2.09. The Hall–Kier alpha value is -2.38. The van der Waals surface area contributed by atoms with Crippen LogP contribution < -0.4 is 27.4 Å². The fraction of sp³-hybridized carbons (Fsp3) is 0.688. The Morgan fingerprint density at radius 3 is 1.83 bits per heavy atom. The molecule has 4 amide bonds. The highest BCUT2D eigenvalue weighted by atomic mass is 32.1. The lowest BCUT2D eigenvalue weighted by atomic mass is 10.0. The van der Waals surface area contributed by atoms with Crippen LogP contribution in [0.4, 0.5) is 0 Å². The van der Waals surface area contributed by atoms with Gasteiger partial charge in [-0.2, -0.15) is 12.6 Å². The maximum absolute atomic E-state index is 12.4. The molecular formula is C16H29N5O7S. The van der Waals surface area contributed by atoms with E-state index in [0.717, 1.165) is 0 Å². The largest absolute Gasteiger partial charge is 0.480 e. The molecule has 0 spiro atoms. The number of hydrogen-bond donors (Lipinski definition) is 8. The van der Waals surface area contributed by atoms with Gasteiger partial charge < -0.3 is 37.6 Å². The minimum atomic E-state index is -1.64. The minimum absolute atomic E-state index is 0.129. The molecule has 166 valence electrons. The van der Waals surface area contributed by atoms with Gasteiger partial charge in [-0.1, -0.05) is 13.8 Å². The summed E-state index contributed by atoms with van der Waals surface area (Å²) in [7, 11) is 0. The van der Waals surface area contributed by atoms with Gasteiger partial charge in [0.2, 0.25) is 23.6 Å². The van der Waals surface area contributed by atoms with Crippen molar-refractivity contribution in [1.29, 1.82) is 0 Å². The van der Waals surface area contributed by atoms with Gasteiger partial charge in [0.15, 0.2) is 0 Å². The van der Waals surface area contributed by atoms with E-state index in [1.165, 1.54) is 6.92 Å². The molecule has 0 bridgehead atoms. The smallest absolute Gasteiger partial charge is 0.326 e. The number of thiol groups is 1. The average molecular weight is 436 g/mol. The summed E-state index contributed by atoms with van der Waals surface area (Å²) in [6, 6.07) is -5.23. The third-order valence-electron chi connectivity index (χ3n) is 3.92. The summed E-state index contributed by atoms with van der Waals surface area (Å²) < 4.78 is 0. The predicted molar refractivity (Wildman–Crippen MR) is 106 cm³/mol. The highest BCUT2D eigenvalue weighted by molar-refractivity contribution is 7.80. The zero-order chi connectivity index (χ0) is 22.9. The second kappa shape index (κ2) is 12.2. The van der Waals surface area contributed by atoms with E-state index in [0.29, 0.717) is 0 Å². The van der Waals surface area contributed by atoms with Crippen molar-refractivity contribution in [2.75, 3.05) is 5.75 Å². The molecule has 0 aromatic rings. The van der Waals surface area contributed by atoms with Crippen molar-refractivity contribution in [2.24, 2.45) is 17.4 Å². The number of carboxylic acids is 1. The summed E-state index contributed by atoms with van der Waals surface area (Å²) in [6.45, 7) is 4.63. The molecule has 5 atom stereocenters. The zero-order valence-electron chi connectivity index (χ0n) is 16.4. The molecule has 0 aromatic heterocycles. The molecule has 13 heteroatoms. The lowest BCUT2D eigenvalue weighted by molar-refractivity contribution is -0.144. The third kappa shape index (κ3) is 9.11. The molecule has 0 rings (SSSR count). The number of hydrogen-bond acceptors (Lipinski definition) is 8. The SMILES string of the molecule is CC(C)C(N)C(=O)NC(CS)C(=O)NC(C(=O)NC(CC(N)=O)C(=O)O)C(C)O. The van der Waals surface area contributed by atoms with E-state index in [4.69, 9.17) is 16.6 Å². The number of aliphatic hydroxyl groups excluding tert-OH is 1. The van der Waals surface area contributed by atoms with Crippen molar-refractivity contribution in [3.05, 3.63) is 0 Å². The first-order chi connectivity index (χ1) is 13.3. The maximum Gasteiger partial charge on any atom is 0.326 e. The van der Waals surface area contributed by atoms with Crippen LogP contribution in [0.25, 0.3) is 0 Å². The normalized spacial score (nSPS) is 16.1. The van der Waals surface area contributed by atoms with E-state index in [9.17, 15) is 29.1 Å². The van der Waals surface area contributed by atoms with Crippen molar-refractivity contribution in [1.82, 2.24) is 16.0 Å². The van der Waals surface area contributed by atoms with Crippen molar-refractivity contribution < 1.29 is 34.2 Å². The first kappa shape index (κ1) is 26.6. The molecule has 0 aromatic carbocycles. The van der Waals surface area contributed by atoms with Crippen LogP contribution >= 0.6 is 12.6 Å². The number of primary amides is 1. The molecule has 0 saturated heterocycles. The Labute approximate surface area is 173 Å². The van der Waals surface area contributed by atoms with Gasteiger partial charge in [0.25, 0.3) is 0 Å². The van der Waals surface area contributed by atoms with Crippen LogP contribution in [0, 0.1) is 5.92 Å². The Balaban J connectivity index is 5.22. The maximum atomic E-state index is 12.4. The molecular weight excluding hydrogens is 406 g/mol. The van der Waals surface area contributed by atoms with E-state index in [-0.39, 0.29) is 11.7 Å². The molecule has 0 saturated carbocycles. The number of nitrogens with two attached hydrogens (primary N) is 2. The monoisotopic (exact) mass is 435 g/mol. The summed E-state index contributed by atoms with van der Waals surface area (Å²) in [5.41, 5.74) is 10.7. The Bertz CT molecular complexity index is 629. The van der Waals surface area contributed by atoms with Crippen molar-refractivity contribution in [3.8, 4) is 0 Å². The molecule has 0 heterocycles. The first-order valence-electron chi connectivity index (χ1n) is 8.78. The number of nitrogens with one attached hydrogen (secondary N) is 3. The number of rotatable bonds is 12. The Morgan fingerprint density at radius 2 is 1.45 bits per heavy atom. The zero-order valence-corrected chi connectivity index (χ0v) is 17.3. The van der Waals surface area contributed by atoms with Crippen LogP contribution in [-0.4, -0.2) is 75.8 Å². The van der Waals surface area contributed by atoms with Crippen LogP contribution in [0.3, 0.4) is 0 Å². The summed E-state index contributed by atoms with van der Waals surface area (Å²) in [5.74, 6) is -5.29. The average Bonchev–Trinajstić information content (AvgIpc) is 2.61. The number of carbonyl (C=O) groups excluding carboxylic acids is 4. The first-order valence-corrected chi connectivity index (χ1v) is 9.41. The van der Waals surface area contributed by atoms with E-state index in [1.807, 2.05) is 5.32 Å². The summed E-state index contributed by atoms with van der Waals surface area (Å²) in [4.78, 5) is 58.9. The van der Waals surface area contributed by atoms with Gasteiger partial charge in [0.1, 0.15) is 18.1 Å². The van der Waals surface area contributed by atoms with Crippen molar-refractivity contribution in [2.45, 2.75) is 57.5 Å². The van der Waals surface area contributed by atoms with Gasteiger partial charge >= 0.3 is 5.97 Å². The molecule has 29 heavy (non-hydrogen) atoms. The predicted octanol–water partition coefficient (Wildman–Crippen LogP) is -3.31. The summed E-state index contributed by atoms with van der Waals surface area (Å²) in [6.07, 6.45) is -2.10. The number of amides is 4. The second-order valence-electron chi connectivity index (χ2n) is 6.81. The number of carboxylic acid groups (broad SMARTS) is 1. The second-order valence-corrected chi connectivity index (χ2v) is 7.18. The highest BCUT2D eigenvalue weighted by Crippen LogP contribution is 2.02. The van der Waals surface area contributed by atoms with E-state index in [2.05, 4.69) is 23.3 Å². The lowest BCUT2D eigenvalue weighted by Gasteiger charge is -2.26. The van der Waals surface area contributed by atoms with Crippen LogP contribution in [-0.2, 0) is 24.0 Å². The molecule has 0 radical (unpaired) electrons. The fourth-order valence-corrected chi connectivity index (χ4v) is 2.34. The number of aliphatic carboxylic acids is 1. The Morgan fingerprint density at radius 1 is 0.931 bits per heavy atom. The van der Waals surface area contributed by atoms with Crippen LogP contribution in [0.15, 0.2) is 0 Å². The molecule has 0 fully saturated rings. The molecule has 0 aliphatic carbocycles. The Kier molecular flexibility index (Phi) is 11.2. The summed E-state index contributed by atoms with van der Waals surface area (Å²) >= 11 is 3.99. The molecule has 12 nitrogen and oxygen atoms in total. The van der Waals surface area contributed by atoms with Gasteiger partial charge in [-0.3, -0.25) is 19.2 Å². The molecule has 0 aliphatic rings. The van der Waals surface area contributed by atoms with Gasteiger partial charge in [0.05, 0.1) is 18.6 Å². The molecule has 0 aliphatic heterocycles. The molecule has 9 N–H and O–H groups in total. The van der Waals surface area contributed by atoms with Crippen LogP contribution in [0.5, 0.6) is 0 Å². The highest BCUT2D eigenvalue weighted by Gasteiger charge is 2.33. The quantitative estimate of drug-likeness (QED) is 0.145. The number of carbonyl (C=O) groups is 5. The third-order valence-corrected chi connectivity index (χ3v) is 4.28. The van der Waals surface area contributed by atoms with Gasteiger partial charge in [-0.25, -0.2) is 4.79 Å². The topological polar surface area (TPSA) is 214 Å². The molecule has 5 unspecified atom stereocenters.